The lowest BCUT2D eigenvalue weighted by molar-refractivity contribution is -0.154. The quantitative estimate of drug-likeness (QED) is 0.633. The number of methoxy groups -OCH3 is 1. The standard InChI is InChI=1S/C21H23ClF3N3O4/c1-30-16-4-2-14(3-5-16)18(28-6-8-31-9-7-28)12-26-19(29)15-10-17(22)20(27-11-15)32-13-21(23,24)25/h2-5,10-11,18H,6-9,12-13H2,1H3,(H,26,29). The van der Waals surface area contributed by atoms with Gasteiger partial charge in [-0.15, -0.1) is 0 Å². The molecule has 1 amide bonds. The van der Waals surface area contributed by atoms with Gasteiger partial charge in [0.25, 0.3) is 5.91 Å². The Balaban J connectivity index is 1.68. The summed E-state index contributed by atoms with van der Waals surface area (Å²) < 4.78 is 52.1. The van der Waals surface area contributed by atoms with Crippen LogP contribution >= 0.6 is 11.6 Å². The minimum absolute atomic E-state index is 0.105. The van der Waals surface area contributed by atoms with E-state index in [-0.39, 0.29) is 22.5 Å². The van der Waals surface area contributed by atoms with Crippen LogP contribution in [0.25, 0.3) is 0 Å². The van der Waals surface area contributed by atoms with Crippen LogP contribution < -0.4 is 14.8 Å². The number of halogens is 4. The predicted octanol–water partition coefficient (Wildman–Crippen LogP) is 3.49. The van der Waals surface area contributed by atoms with Gasteiger partial charge in [0.15, 0.2) is 6.61 Å². The molecule has 1 aliphatic rings. The molecule has 32 heavy (non-hydrogen) atoms. The molecule has 174 valence electrons. The van der Waals surface area contributed by atoms with Gasteiger partial charge in [0.1, 0.15) is 10.8 Å². The number of pyridine rings is 1. The molecular weight excluding hydrogens is 451 g/mol. The number of hydrogen-bond acceptors (Lipinski definition) is 6. The zero-order valence-corrected chi connectivity index (χ0v) is 18.1. The molecule has 1 unspecified atom stereocenters. The van der Waals surface area contributed by atoms with E-state index >= 15 is 0 Å². The molecular formula is C21H23ClF3N3O4. The molecule has 2 aromatic rings. The van der Waals surface area contributed by atoms with Crippen LogP contribution in [0.4, 0.5) is 13.2 Å². The minimum Gasteiger partial charge on any atom is -0.497 e. The summed E-state index contributed by atoms with van der Waals surface area (Å²) in [5.74, 6) is -0.106. The Kier molecular flexibility index (Phi) is 8.16. The molecule has 0 radical (unpaired) electrons. The Hall–Kier alpha value is -2.56. The predicted molar refractivity (Wildman–Crippen MR) is 111 cm³/mol. The van der Waals surface area contributed by atoms with Gasteiger partial charge in [-0.1, -0.05) is 23.7 Å². The van der Waals surface area contributed by atoms with E-state index in [9.17, 15) is 18.0 Å². The van der Waals surface area contributed by atoms with E-state index < -0.39 is 18.7 Å². The van der Waals surface area contributed by atoms with Crippen molar-refractivity contribution in [1.29, 1.82) is 0 Å². The Labute approximate surface area is 188 Å². The lowest BCUT2D eigenvalue weighted by Crippen LogP contribution is -2.43. The summed E-state index contributed by atoms with van der Waals surface area (Å²) in [7, 11) is 1.59. The van der Waals surface area contributed by atoms with Gasteiger partial charge in [-0.25, -0.2) is 4.98 Å². The number of nitrogens with one attached hydrogen (secondary N) is 1. The number of alkyl halides is 3. The van der Waals surface area contributed by atoms with Crippen molar-refractivity contribution in [3.05, 3.63) is 52.7 Å². The van der Waals surface area contributed by atoms with Crippen molar-refractivity contribution in [2.45, 2.75) is 12.2 Å². The molecule has 3 rings (SSSR count). The van der Waals surface area contributed by atoms with Crippen LogP contribution in [0, 0.1) is 0 Å². The van der Waals surface area contributed by atoms with Crippen LogP contribution in [0.5, 0.6) is 11.6 Å². The molecule has 1 N–H and O–H groups in total. The Morgan fingerprint density at radius 1 is 1.28 bits per heavy atom. The fraction of sp³-hybridized carbons (Fsp3) is 0.429. The number of benzene rings is 1. The number of hydrogen-bond donors (Lipinski definition) is 1. The van der Waals surface area contributed by atoms with Crippen LogP contribution in [-0.4, -0.2) is 68.5 Å². The van der Waals surface area contributed by atoms with Gasteiger partial charge in [-0.05, 0) is 23.8 Å². The largest absolute Gasteiger partial charge is 0.497 e. The molecule has 0 saturated carbocycles. The van der Waals surface area contributed by atoms with E-state index in [2.05, 4.69) is 19.9 Å². The fourth-order valence-electron chi connectivity index (χ4n) is 3.27. The number of carbonyl (C=O) groups is 1. The highest BCUT2D eigenvalue weighted by Gasteiger charge is 2.29. The zero-order chi connectivity index (χ0) is 23.1. The van der Waals surface area contributed by atoms with E-state index in [1.165, 1.54) is 6.07 Å². The molecule has 1 aliphatic heterocycles. The second kappa shape index (κ2) is 10.8. The molecule has 0 spiro atoms. The molecule has 0 aliphatic carbocycles. The number of nitrogens with zero attached hydrogens (tertiary/aromatic N) is 2. The van der Waals surface area contributed by atoms with E-state index in [1.807, 2.05) is 24.3 Å². The molecule has 11 heteroatoms. The zero-order valence-electron chi connectivity index (χ0n) is 17.3. The molecule has 1 aromatic carbocycles. The molecule has 1 atom stereocenters. The average Bonchev–Trinajstić information content (AvgIpc) is 2.78. The van der Waals surface area contributed by atoms with E-state index in [1.54, 1.807) is 7.11 Å². The van der Waals surface area contributed by atoms with Crippen molar-refractivity contribution in [1.82, 2.24) is 15.2 Å². The summed E-state index contributed by atoms with van der Waals surface area (Å²) in [5.41, 5.74) is 1.12. The maximum atomic E-state index is 12.7. The van der Waals surface area contributed by atoms with E-state index in [0.717, 1.165) is 17.5 Å². The first kappa shape index (κ1) is 24.1. The smallest absolute Gasteiger partial charge is 0.422 e. The summed E-state index contributed by atoms with van der Waals surface area (Å²) >= 11 is 5.94. The van der Waals surface area contributed by atoms with E-state index in [0.29, 0.717) is 32.8 Å². The SMILES string of the molecule is COc1ccc(C(CNC(=O)c2cnc(OCC(F)(F)F)c(Cl)c2)N2CCOCC2)cc1. The summed E-state index contributed by atoms with van der Waals surface area (Å²) in [5, 5.41) is 2.68. The van der Waals surface area contributed by atoms with Gasteiger partial charge >= 0.3 is 6.18 Å². The van der Waals surface area contributed by atoms with Crippen molar-refractivity contribution >= 4 is 17.5 Å². The lowest BCUT2D eigenvalue weighted by Gasteiger charge is -2.35. The first-order valence-electron chi connectivity index (χ1n) is 9.86. The summed E-state index contributed by atoms with van der Waals surface area (Å²) in [6.45, 7) is 1.40. The van der Waals surface area contributed by atoms with Crippen LogP contribution in [0.3, 0.4) is 0 Å². The van der Waals surface area contributed by atoms with Crippen LogP contribution in [0.15, 0.2) is 36.5 Å². The fourth-order valence-corrected chi connectivity index (χ4v) is 3.49. The highest BCUT2D eigenvalue weighted by Crippen LogP contribution is 2.26. The first-order chi connectivity index (χ1) is 15.3. The van der Waals surface area contributed by atoms with Gasteiger partial charge in [0.05, 0.1) is 31.9 Å². The molecule has 1 fully saturated rings. The van der Waals surface area contributed by atoms with E-state index in [4.69, 9.17) is 21.1 Å². The number of ether oxygens (including phenoxy) is 3. The van der Waals surface area contributed by atoms with Gasteiger partial charge < -0.3 is 19.5 Å². The van der Waals surface area contributed by atoms with Crippen LogP contribution in [0.2, 0.25) is 5.02 Å². The second-order valence-electron chi connectivity index (χ2n) is 7.06. The Morgan fingerprint density at radius 2 is 1.97 bits per heavy atom. The highest BCUT2D eigenvalue weighted by molar-refractivity contribution is 6.32. The van der Waals surface area contributed by atoms with Gasteiger partial charge in [0.2, 0.25) is 5.88 Å². The average molecular weight is 474 g/mol. The maximum Gasteiger partial charge on any atom is 0.422 e. The highest BCUT2D eigenvalue weighted by atomic mass is 35.5. The third-order valence-corrected chi connectivity index (χ3v) is 5.16. The van der Waals surface area contributed by atoms with Crippen molar-refractivity contribution in [3.63, 3.8) is 0 Å². The summed E-state index contributed by atoms with van der Waals surface area (Å²) in [4.78, 5) is 18.6. The number of amides is 1. The third-order valence-electron chi connectivity index (χ3n) is 4.89. The normalized spacial score (nSPS) is 15.8. The summed E-state index contributed by atoms with van der Waals surface area (Å²) in [6.07, 6.45) is -3.39. The van der Waals surface area contributed by atoms with Crippen LogP contribution in [0.1, 0.15) is 22.0 Å². The number of rotatable bonds is 8. The van der Waals surface area contributed by atoms with Gasteiger partial charge in [-0.3, -0.25) is 9.69 Å². The molecule has 1 saturated heterocycles. The molecule has 7 nitrogen and oxygen atoms in total. The van der Waals surface area contributed by atoms with Gasteiger partial charge in [-0.2, -0.15) is 13.2 Å². The Morgan fingerprint density at radius 3 is 2.56 bits per heavy atom. The molecule has 0 bridgehead atoms. The van der Waals surface area contributed by atoms with Crippen molar-refractivity contribution < 1.29 is 32.2 Å². The topological polar surface area (TPSA) is 72.9 Å². The van der Waals surface area contributed by atoms with Crippen molar-refractivity contribution in [2.75, 3.05) is 46.6 Å². The first-order valence-corrected chi connectivity index (χ1v) is 10.2. The minimum atomic E-state index is -4.52. The lowest BCUT2D eigenvalue weighted by atomic mass is 10.0. The molecule has 2 heterocycles. The number of aromatic nitrogens is 1. The van der Waals surface area contributed by atoms with Crippen molar-refractivity contribution in [3.8, 4) is 11.6 Å². The van der Waals surface area contributed by atoms with Gasteiger partial charge in [0, 0.05) is 25.8 Å². The number of morpholine rings is 1. The number of carbonyl (C=O) groups excluding carboxylic acids is 1. The monoisotopic (exact) mass is 473 g/mol. The maximum absolute atomic E-state index is 12.7. The third kappa shape index (κ3) is 6.72. The second-order valence-corrected chi connectivity index (χ2v) is 7.47. The summed E-state index contributed by atoms with van der Waals surface area (Å²) in [6, 6.07) is 8.72. The van der Waals surface area contributed by atoms with Crippen molar-refractivity contribution in [2.24, 2.45) is 0 Å². The molecule has 1 aromatic heterocycles. The van der Waals surface area contributed by atoms with Crippen LogP contribution in [-0.2, 0) is 4.74 Å². The Bertz CT molecular complexity index is 906.